The van der Waals surface area contributed by atoms with Crippen LogP contribution in [0.2, 0.25) is 0 Å². The fraction of sp³-hybridized carbons (Fsp3) is 0.459. The van der Waals surface area contributed by atoms with Crippen LogP contribution in [0.5, 0.6) is 5.75 Å². The van der Waals surface area contributed by atoms with Crippen molar-refractivity contribution in [1.29, 1.82) is 0 Å². The first-order valence-corrected chi connectivity index (χ1v) is 46.7. The first-order valence-electron chi connectivity index (χ1n) is 41.6. The van der Waals surface area contributed by atoms with Gasteiger partial charge in [-0.25, -0.2) is 18.2 Å². The van der Waals surface area contributed by atoms with Crippen LogP contribution in [0.15, 0.2) is 138 Å². The van der Waals surface area contributed by atoms with Crippen molar-refractivity contribution in [2.75, 3.05) is 93.1 Å². The van der Waals surface area contributed by atoms with Crippen molar-refractivity contribution in [1.82, 2.24) is 62.2 Å². The highest BCUT2D eigenvalue weighted by atomic mass is 33.1. The monoisotopic (exact) mass is 1900 g/mol. The Kier molecular flexibility index (Phi) is 42.8. The second kappa shape index (κ2) is 52.6. The number of hydrogen-bond acceptors (Lipinski definition) is 30. The molecule has 5 unspecified atom stereocenters. The minimum Gasteiger partial charge on any atom is -0.508 e. The summed E-state index contributed by atoms with van der Waals surface area (Å²) in [6.07, 6.45) is -0.209. The van der Waals surface area contributed by atoms with Gasteiger partial charge in [0.1, 0.15) is 48.7 Å². The van der Waals surface area contributed by atoms with Crippen LogP contribution in [0.3, 0.4) is 0 Å². The van der Waals surface area contributed by atoms with E-state index in [0.717, 1.165) is 64.5 Å². The smallest absolute Gasteiger partial charge is 0.317 e. The average molecular weight is 1900 g/mol. The van der Waals surface area contributed by atoms with Crippen LogP contribution in [0.25, 0.3) is 10.9 Å². The Balaban J connectivity index is 0.000000366. The molecule has 8 rings (SSSR count). The molecule has 23 N–H and O–H groups in total. The van der Waals surface area contributed by atoms with Gasteiger partial charge in [-0.2, -0.15) is 0 Å². The van der Waals surface area contributed by atoms with Gasteiger partial charge < -0.3 is 99.8 Å². The van der Waals surface area contributed by atoms with Gasteiger partial charge in [-0.15, -0.1) is 11.8 Å². The Morgan fingerprint density at radius 3 is 1.80 bits per heavy atom. The summed E-state index contributed by atoms with van der Waals surface area (Å²) in [6, 6.07) is 21.5. The summed E-state index contributed by atoms with van der Waals surface area (Å²) in [6.45, 7) is 1.92. The molecule has 3 heterocycles. The highest BCUT2D eigenvalue weighted by Crippen LogP contribution is 2.32. The molecule has 46 heteroatoms. The standard InChI is InChI=1S/C50H67N9O11S2.C35H47N7O15S2/c1-28(21-31-11-5-4-6-12-31)44(64)57-41-26-71-72-27-42(49(69)56-40(25-60)29(2)61)58-50(70)43(30(3)62)59-45(65)37(15-9-10-20-51)53-47(67)39(23-33-24-52-36-14-8-7-13-35(33)36)55-46(66)38(54-48(41)68)22-32-16-18-34(63)19-17-32;1-21(13-39(15-30(44)45)16-31(46)47)41(20-57-54)25(14-40(17-32(48)49)18-33(50)51)11-22-3-5-23(6-4-22)38-59(55,56)26-9-7-24(8-10-26)42-29(43)12-28(35(42)53)58-19-27(36)34(52)37-2/h4-8,11-14,16-19,24,28-30,37-43,52,60-63H,9-10,15,20-23,25-27,51H2,1-3H3,(H,53,67)(H,54,68)(H,55,66)(H,56,69)(H,57,64)(H,58,70)(H,59,65);3-10,21,25,27-28,38,54H,11-20,36H2,1-2H3,(H,37,52)(H,44,45)(H,46,47)(H,48,49)(H,50,51)/t28?,29-,30-,37+,38+,39+,40-,41?,42?,43+;21-,25+,27?,28?/m10/s1. The summed E-state index contributed by atoms with van der Waals surface area (Å²) >= 11 is 1.07. The number of nitrogens with two attached hydrogens (primary N) is 2. The van der Waals surface area contributed by atoms with Gasteiger partial charge in [0, 0.05) is 97.4 Å². The molecule has 14 atom stereocenters. The van der Waals surface area contributed by atoms with Crippen molar-refractivity contribution in [2.45, 2.75) is 162 Å². The number of aliphatic carboxylic acids is 4. The molecule has 131 heavy (non-hydrogen) atoms. The van der Waals surface area contributed by atoms with Crippen molar-refractivity contribution in [3.05, 3.63) is 156 Å². The van der Waals surface area contributed by atoms with Gasteiger partial charge in [-0.1, -0.05) is 101 Å². The van der Waals surface area contributed by atoms with E-state index in [2.05, 4.69) is 57.1 Å². The highest BCUT2D eigenvalue weighted by Gasteiger charge is 2.42. The third-order valence-electron chi connectivity index (χ3n) is 21.1. The molecule has 0 aliphatic carbocycles. The van der Waals surface area contributed by atoms with E-state index >= 15 is 0 Å². The molecule has 0 spiro atoms. The zero-order chi connectivity index (χ0) is 96.3. The number of amides is 10. The van der Waals surface area contributed by atoms with E-state index in [1.165, 1.54) is 86.5 Å². The third kappa shape index (κ3) is 34.1. The van der Waals surface area contributed by atoms with Crippen LogP contribution in [0.1, 0.15) is 75.6 Å². The number of likely N-dealkylation sites (N-methyl/N-ethyl adjacent to an activating group) is 1. The number of aromatic nitrogens is 1. The van der Waals surface area contributed by atoms with E-state index in [-0.39, 0.29) is 91.0 Å². The number of thioether (sulfide) groups is 1. The lowest BCUT2D eigenvalue weighted by molar-refractivity contribution is -0.277. The number of para-hydroxylation sites is 1. The molecule has 2 aliphatic heterocycles. The first kappa shape index (κ1) is 107. The predicted molar refractivity (Wildman–Crippen MR) is 485 cm³/mol. The number of phenols is 1. The number of aliphatic hydroxyl groups is 3. The number of unbranched alkanes of at least 4 members (excludes halogenated alkanes) is 1. The number of phenolic OH excluding ortho intramolecular Hbond substituents is 1. The lowest BCUT2D eigenvalue weighted by Crippen LogP contribution is -2.62. The maximum atomic E-state index is 14.8. The normalized spacial score (nSPS) is 19.7. The summed E-state index contributed by atoms with van der Waals surface area (Å²) in [5.41, 5.74) is 15.2. The number of fused-ring (bicyclic) bond motifs is 1. The van der Waals surface area contributed by atoms with Crippen LogP contribution in [-0.2, 0) is 108 Å². The van der Waals surface area contributed by atoms with E-state index in [1.807, 2.05) is 54.6 Å². The van der Waals surface area contributed by atoms with Crippen LogP contribution in [0.4, 0.5) is 11.4 Å². The van der Waals surface area contributed by atoms with E-state index < -0.39 is 216 Å². The molecule has 5 aromatic carbocycles. The molecule has 0 radical (unpaired) electrons. The maximum Gasteiger partial charge on any atom is 0.317 e. The number of carbonyl (C=O) groups is 14. The van der Waals surface area contributed by atoms with Gasteiger partial charge in [-0.05, 0) is 136 Å². The lowest BCUT2D eigenvalue weighted by atomic mass is 10.00. The number of carboxylic acid groups (broad SMARTS) is 4. The number of rotatable bonds is 43. The average Bonchev–Trinajstić information content (AvgIpc) is 1.68. The van der Waals surface area contributed by atoms with Crippen LogP contribution in [-0.4, -0.2) is 318 Å². The van der Waals surface area contributed by atoms with Crippen molar-refractivity contribution in [3.8, 4) is 5.75 Å². The Labute approximate surface area is 767 Å². The van der Waals surface area contributed by atoms with E-state index in [1.54, 1.807) is 32.2 Å². The summed E-state index contributed by atoms with van der Waals surface area (Å²) in [4.78, 5) is 196. The molecule has 6 aromatic rings. The molecule has 10 amide bonds. The number of sulfonamides is 1. The number of anilines is 2. The van der Waals surface area contributed by atoms with Gasteiger partial charge in [0.25, 0.3) is 10.0 Å². The van der Waals surface area contributed by atoms with Crippen LogP contribution < -0.4 is 63.6 Å². The quantitative estimate of drug-likeness (QED) is 0.00552. The number of nitrogens with one attached hydrogen (secondary N) is 10. The number of aromatic hydroxyl groups is 1. The molecular weight excluding hydrogens is 1790 g/mol. The summed E-state index contributed by atoms with van der Waals surface area (Å²) in [7, 11) is -0.702. The molecule has 0 saturated carbocycles. The Morgan fingerprint density at radius 1 is 0.649 bits per heavy atom. The topological polar surface area (TPSA) is 653 Å². The predicted octanol–water partition coefficient (Wildman–Crippen LogP) is -0.874. The van der Waals surface area contributed by atoms with Crippen molar-refractivity contribution < 1.29 is 127 Å². The maximum absolute atomic E-state index is 14.8. The SMILES string of the molecule is CC(Cc1ccccc1)C(=O)NC1CSSCC(C(=O)N[C@H](CO)[C@@H](C)O)NC(=O)[C@H]([C@@H](C)O)NC(=O)[C@H](CCCCN)NC(=O)[C@H](Cc2c[nH]c3ccccc23)NC(=O)[C@H](Cc2ccc(O)cc2)NC1=O.CNC(=O)C(N)CSC1CC(=O)N(c2ccc(S(=O)(=O)Nc3ccc(C[C@H](CN(CC(=O)O)CC(=O)O)N(COO)[C@@H](C)CN(CC(=O)O)CC(=O)O)cc3)cc2)C1=O. The van der Waals surface area contributed by atoms with Gasteiger partial charge in [0.15, 0.2) is 0 Å². The zero-order valence-electron chi connectivity index (χ0n) is 72.5. The van der Waals surface area contributed by atoms with Gasteiger partial charge in [0.05, 0.1) is 72.9 Å². The van der Waals surface area contributed by atoms with Crippen molar-refractivity contribution >= 4 is 149 Å². The number of carboxylic acids is 4. The number of H-pyrrole nitrogens is 1. The Morgan fingerprint density at radius 2 is 1.21 bits per heavy atom. The number of hydrogen-bond donors (Lipinski definition) is 21. The molecule has 2 fully saturated rings. The number of imide groups is 1. The Hall–Kier alpha value is -11.4. The van der Waals surface area contributed by atoms with Gasteiger partial charge in [0.2, 0.25) is 59.1 Å². The molecule has 42 nitrogen and oxygen atoms in total. The second-order valence-corrected chi connectivity index (χ2v) is 36.9. The number of aliphatic hydroxyl groups excluding tert-OH is 3. The second-order valence-electron chi connectivity index (χ2n) is 31.5. The Bertz CT molecular complexity index is 4960. The number of carbonyl (C=O) groups excluding carboxylic acids is 10. The fourth-order valence-electron chi connectivity index (χ4n) is 14.2. The minimum absolute atomic E-state index is 0.0219. The van der Waals surface area contributed by atoms with E-state index in [0.29, 0.717) is 36.0 Å². The van der Waals surface area contributed by atoms with Gasteiger partial charge >= 0.3 is 23.9 Å². The zero-order valence-corrected chi connectivity index (χ0v) is 75.7. The largest absolute Gasteiger partial charge is 0.508 e. The molecule has 714 valence electrons. The first-order chi connectivity index (χ1) is 62.2. The lowest BCUT2D eigenvalue weighted by Gasteiger charge is -2.39. The molecule has 2 aliphatic rings. The number of benzene rings is 5. The van der Waals surface area contributed by atoms with Crippen LogP contribution in [0, 0.1) is 5.92 Å². The fourth-order valence-corrected chi connectivity index (χ4v) is 18.7. The summed E-state index contributed by atoms with van der Waals surface area (Å²) < 4.78 is 29.1. The molecule has 1 aromatic heterocycles. The van der Waals surface area contributed by atoms with Crippen molar-refractivity contribution in [3.63, 3.8) is 0 Å². The summed E-state index contributed by atoms with van der Waals surface area (Å²) in [5.74, 6) is -13.1. The molecule has 2 saturated heterocycles. The molecule has 0 bridgehead atoms. The van der Waals surface area contributed by atoms with Crippen LogP contribution >= 0.6 is 33.3 Å². The highest BCUT2D eigenvalue weighted by molar-refractivity contribution is 8.76. The summed E-state index contributed by atoms with van der Waals surface area (Å²) in [5, 5.41) is 109. The van der Waals surface area contributed by atoms with E-state index in [9.17, 15) is 122 Å². The van der Waals surface area contributed by atoms with Crippen molar-refractivity contribution in [2.24, 2.45) is 17.4 Å². The van der Waals surface area contributed by atoms with Gasteiger partial charge in [-0.3, -0.25) is 91.8 Å². The molecular formula is C85H114N16O26S4. The third-order valence-corrected chi connectivity index (χ3v) is 26.2. The van der Waals surface area contributed by atoms with E-state index in [4.69, 9.17) is 11.5 Å². The number of nitrogens with zero attached hydrogens (tertiary/aromatic N) is 4. The number of aromatic amines is 1. The minimum atomic E-state index is -4.21.